The van der Waals surface area contributed by atoms with Crippen LogP contribution in [-0.4, -0.2) is 13.4 Å². The second-order valence-electron chi connectivity index (χ2n) is 3.62. The van der Waals surface area contributed by atoms with Gasteiger partial charge in [0.15, 0.2) is 0 Å². The van der Waals surface area contributed by atoms with Crippen LogP contribution in [0.3, 0.4) is 0 Å². The molecule has 0 unspecified atom stereocenters. The summed E-state index contributed by atoms with van der Waals surface area (Å²) in [4.78, 5) is 13.0. The van der Waals surface area contributed by atoms with Crippen LogP contribution in [0.15, 0.2) is 46.2 Å². The van der Waals surface area contributed by atoms with E-state index in [1.807, 2.05) is 4.72 Å². The molecule has 0 atom stereocenters. The van der Waals surface area contributed by atoms with Gasteiger partial charge in [-0.3, -0.25) is 9.52 Å². The molecule has 0 bridgehead atoms. The third-order valence-corrected chi connectivity index (χ3v) is 3.55. The predicted molar refractivity (Wildman–Crippen MR) is 64.2 cm³/mol. The Morgan fingerprint density at radius 1 is 1.11 bits per heavy atom. The lowest BCUT2D eigenvalue weighted by Gasteiger charge is -2.07. The number of benzene rings is 1. The highest BCUT2D eigenvalue weighted by atomic mass is 32.2. The van der Waals surface area contributed by atoms with Crippen molar-refractivity contribution in [1.29, 1.82) is 0 Å². The van der Waals surface area contributed by atoms with Crippen molar-refractivity contribution in [2.24, 2.45) is 0 Å². The summed E-state index contributed by atoms with van der Waals surface area (Å²) in [5, 5.41) is 0. The van der Waals surface area contributed by atoms with E-state index in [4.69, 9.17) is 0 Å². The number of hydrogen-bond donors (Lipinski definition) is 2. The van der Waals surface area contributed by atoms with Crippen LogP contribution >= 0.6 is 0 Å². The van der Waals surface area contributed by atoms with E-state index in [1.165, 1.54) is 18.3 Å². The summed E-state index contributed by atoms with van der Waals surface area (Å²) in [6.45, 7) is 0. The van der Waals surface area contributed by atoms with Crippen LogP contribution in [0.4, 0.5) is 14.5 Å². The molecular formula is C11H8F2N2O3S. The van der Waals surface area contributed by atoms with Gasteiger partial charge in [0.1, 0.15) is 17.3 Å². The minimum absolute atomic E-state index is 0.243. The number of halogens is 2. The zero-order valence-electron chi connectivity index (χ0n) is 9.35. The predicted octanol–water partition coefficient (Wildman–Crippen LogP) is 1.45. The summed E-state index contributed by atoms with van der Waals surface area (Å²) in [5.74, 6) is -2.05. The second-order valence-corrected chi connectivity index (χ2v) is 5.31. The van der Waals surface area contributed by atoms with Gasteiger partial charge in [0.25, 0.3) is 15.6 Å². The summed E-state index contributed by atoms with van der Waals surface area (Å²) in [6.07, 6.45) is 1.32. The lowest BCUT2D eigenvalue weighted by Crippen LogP contribution is -2.20. The highest BCUT2D eigenvalue weighted by molar-refractivity contribution is 7.92. The molecule has 8 heteroatoms. The van der Waals surface area contributed by atoms with Crippen molar-refractivity contribution in [1.82, 2.24) is 4.98 Å². The first-order chi connectivity index (χ1) is 8.88. The molecule has 0 saturated heterocycles. The average Bonchev–Trinajstić information content (AvgIpc) is 2.31. The van der Waals surface area contributed by atoms with E-state index in [-0.39, 0.29) is 5.69 Å². The molecule has 0 fully saturated rings. The Balaban J connectivity index is 2.44. The average molecular weight is 286 g/mol. The summed E-state index contributed by atoms with van der Waals surface area (Å²) >= 11 is 0. The van der Waals surface area contributed by atoms with Gasteiger partial charge in [-0.05, 0) is 24.3 Å². The monoisotopic (exact) mass is 286 g/mol. The molecule has 1 aromatic heterocycles. The summed E-state index contributed by atoms with van der Waals surface area (Å²) in [6, 6.07) is 4.50. The number of hydrogen-bond acceptors (Lipinski definition) is 3. The fourth-order valence-corrected chi connectivity index (χ4v) is 2.49. The number of sulfonamides is 1. The highest BCUT2D eigenvalue weighted by Crippen LogP contribution is 2.16. The Morgan fingerprint density at radius 2 is 1.74 bits per heavy atom. The second kappa shape index (κ2) is 4.81. The van der Waals surface area contributed by atoms with Crippen molar-refractivity contribution in [3.05, 3.63) is 58.5 Å². The standard InChI is InChI=1S/C11H8F2N2O3S/c12-7-4-8(13)6-9(5-7)19(17,18)15-10-2-1-3-14-11(10)16/h1-6,15H,(H,14,16). The maximum absolute atomic E-state index is 13.0. The van der Waals surface area contributed by atoms with Crippen molar-refractivity contribution >= 4 is 15.7 Å². The van der Waals surface area contributed by atoms with Crippen molar-refractivity contribution in [3.63, 3.8) is 0 Å². The molecule has 1 heterocycles. The van der Waals surface area contributed by atoms with Crippen LogP contribution < -0.4 is 10.3 Å². The number of rotatable bonds is 3. The number of H-pyrrole nitrogens is 1. The molecular weight excluding hydrogens is 278 g/mol. The van der Waals surface area contributed by atoms with Gasteiger partial charge < -0.3 is 4.98 Å². The van der Waals surface area contributed by atoms with E-state index in [9.17, 15) is 22.0 Å². The molecule has 0 aliphatic rings. The molecule has 1 aromatic carbocycles. The molecule has 2 N–H and O–H groups in total. The largest absolute Gasteiger partial charge is 0.327 e. The van der Waals surface area contributed by atoms with Crippen LogP contribution in [0.2, 0.25) is 0 Å². The topological polar surface area (TPSA) is 79.0 Å². The lowest BCUT2D eigenvalue weighted by atomic mass is 10.3. The van der Waals surface area contributed by atoms with Crippen molar-refractivity contribution in [2.75, 3.05) is 4.72 Å². The molecule has 0 saturated carbocycles. The molecule has 0 aliphatic heterocycles. The van der Waals surface area contributed by atoms with Gasteiger partial charge in [-0.25, -0.2) is 17.2 Å². The maximum atomic E-state index is 13.0. The molecule has 2 rings (SSSR count). The first kappa shape index (κ1) is 13.2. The minimum Gasteiger partial charge on any atom is -0.327 e. The van der Waals surface area contributed by atoms with Crippen LogP contribution in [0.1, 0.15) is 0 Å². The van der Waals surface area contributed by atoms with Crippen molar-refractivity contribution in [2.45, 2.75) is 4.90 Å². The molecule has 2 aromatic rings. The van der Waals surface area contributed by atoms with E-state index in [2.05, 4.69) is 4.98 Å². The molecule has 100 valence electrons. The quantitative estimate of drug-likeness (QED) is 0.896. The highest BCUT2D eigenvalue weighted by Gasteiger charge is 2.17. The van der Waals surface area contributed by atoms with E-state index >= 15 is 0 Å². The Kier molecular flexibility index (Phi) is 3.34. The van der Waals surface area contributed by atoms with Crippen LogP contribution in [0.25, 0.3) is 0 Å². The van der Waals surface area contributed by atoms with Crippen LogP contribution in [0, 0.1) is 11.6 Å². The molecule has 0 radical (unpaired) electrons. The van der Waals surface area contributed by atoms with E-state index in [0.717, 1.165) is 0 Å². The Bertz CT molecular complexity index is 751. The molecule has 5 nitrogen and oxygen atoms in total. The first-order valence-corrected chi connectivity index (χ1v) is 6.53. The number of nitrogens with one attached hydrogen (secondary N) is 2. The van der Waals surface area contributed by atoms with Gasteiger partial charge in [0.2, 0.25) is 0 Å². The summed E-state index contributed by atoms with van der Waals surface area (Å²) < 4.78 is 51.6. The Morgan fingerprint density at radius 3 is 2.32 bits per heavy atom. The zero-order valence-corrected chi connectivity index (χ0v) is 10.2. The third-order valence-electron chi connectivity index (χ3n) is 2.21. The van der Waals surface area contributed by atoms with Gasteiger partial charge >= 0.3 is 0 Å². The van der Waals surface area contributed by atoms with Gasteiger partial charge in [-0.2, -0.15) is 0 Å². The molecule has 19 heavy (non-hydrogen) atoms. The van der Waals surface area contributed by atoms with E-state index in [0.29, 0.717) is 18.2 Å². The van der Waals surface area contributed by atoms with Gasteiger partial charge in [0, 0.05) is 12.3 Å². The fraction of sp³-hybridized carbons (Fsp3) is 0. The molecule has 0 aliphatic carbocycles. The van der Waals surface area contributed by atoms with Gasteiger partial charge in [-0.15, -0.1) is 0 Å². The van der Waals surface area contributed by atoms with E-state index < -0.39 is 32.1 Å². The first-order valence-electron chi connectivity index (χ1n) is 5.05. The molecule has 0 spiro atoms. The normalized spacial score (nSPS) is 11.3. The summed E-state index contributed by atoms with van der Waals surface area (Å²) in [7, 11) is -4.23. The fourth-order valence-electron chi connectivity index (χ4n) is 1.39. The van der Waals surface area contributed by atoms with Gasteiger partial charge in [-0.1, -0.05) is 0 Å². The van der Waals surface area contributed by atoms with Crippen molar-refractivity contribution in [3.8, 4) is 0 Å². The SMILES string of the molecule is O=c1[nH]cccc1NS(=O)(=O)c1cc(F)cc(F)c1. The zero-order chi connectivity index (χ0) is 14.0. The number of anilines is 1. The molecule has 0 amide bonds. The third kappa shape index (κ3) is 2.97. The minimum atomic E-state index is -4.23. The Hall–Kier alpha value is -2.22. The van der Waals surface area contributed by atoms with Gasteiger partial charge in [0.05, 0.1) is 4.90 Å². The Labute approximate surface area is 107 Å². The smallest absolute Gasteiger partial charge is 0.272 e. The number of aromatic nitrogens is 1. The summed E-state index contributed by atoms with van der Waals surface area (Å²) in [5.41, 5.74) is -0.907. The number of aromatic amines is 1. The van der Waals surface area contributed by atoms with Crippen LogP contribution in [-0.2, 0) is 10.0 Å². The van der Waals surface area contributed by atoms with Crippen LogP contribution in [0.5, 0.6) is 0 Å². The maximum Gasteiger partial charge on any atom is 0.272 e. The van der Waals surface area contributed by atoms with Crippen molar-refractivity contribution < 1.29 is 17.2 Å². The number of pyridine rings is 1. The van der Waals surface area contributed by atoms with E-state index in [1.54, 1.807) is 0 Å². The lowest BCUT2D eigenvalue weighted by molar-refractivity contribution is 0.568.